The number of methoxy groups -OCH3 is 1. The van der Waals surface area contributed by atoms with Gasteiger partial charge >= 0.3 is 0 Å². The van der Waals surface area contributed by atoms with Crippen LogP contribution in [-0.4, -0.2) is 17.4 Å². The van der Waals surface area contributed by atoms with Crippen LogP contribution in [0.1, 0.15) is 28.3 Å². The van der Waals surface area contributed by atoms with E-state index < -0.39 is 0 Å². The third kappa shape index (κ3) is 3.43. The number of nitrogens with zero attached hydrogens (tertiary/aromatic N) is 1. The predicted octanol–water partition coefficient (Wildman–Crippen LogP) is 4.57. The maximum absolute atomic E-state index is 14.0. The van der Waals surface area contributed by atoms with Gasteiger partial charge in [0, 0.05) is 34.3 Å². The number of hydrogen-bond donors (Lipinski definition) is 0. The standard InChI is InChI=1S/C17H19BrFNO/c1-11-10-20-16(12(2)17(11)21-3)8-13(9-18)14-6-4-5-7-15(14)19/h4-7,10,13H,8-9H2,1-3H3. The van der Waals surface area contributed by atoms with Gasteiger partial charge < -0.3 is 4.74 Å². The summed E-state index contributed by atoms with van der Waals surface area (Å²) in [5.74, 6) is 0.741. The molecule has 0 radical (unpaired) electrons. The molecule has 0 aliphatic carbocycles. The molecule has 1 atom stereocenters. The van der Waals surface area contributed by atoms with E-state index in [1.54, 1.807) is 13.2 Å². The summed E-state index contributed by atoms with van der Waals surface area (Å²) in [7, 11) is 1.66. The molecule has 1 aromatic heterocycles. The van der Waals surface area contributed by atoms with Crippen LogP contribution in [0.25, 0.3) is 0 Å². The van der Waals surface area contributed by atoms with E-state index in [4.69, 9.17) is 4.74 Å². The summed E-state index contributed by atoms with van der Waals surface area (Å²) in [5.41, 5.74) is 3.71. The molecular formula is C17H19BrFNO. The SMILES string of the molecule is COc1c(C)cnc(CC(CBr)c2ccccc2F)c1C. The van der Waals surface area contributed by atoms with Crippen LogP contribution in [0, 0.1) is 19.7 Å². The first-order chi connectivity index (χ1) is 10.1. The van der Waals surface area contributed by atoms with Gasteiger partial charge in [0.25, 0.3) is 0 Å². The molecule has 1 heterocycles. The summed E-state index contributed by atoms with van der Waals surface area (Å²) < 4.78 is 19.4. The van der Waals surface area contributed by atoms with Crippen LogP contribution < -0.4 is 4.74 Å². The summed E-state index contributed by atoms with van der Waals surface area (Å²) in [6.07, 6.45) is 2.49. The zero-order valence-electron chi connectivity index (χ0n) is 12.5. The minimum Gasteiger partial charge on any atom is -0.496 e. The monoisotopic (exact) mass is 351 g/mol. The maximum Gasteiger partial charge on any atom is 0.128 e. The largest absolute Gasteiger partial charge is 0.496 e. The summed E-state index contributed by atoms with van der Waals surface area (Å²) in [6, 6.07) is 6.91. The van der Waals surface area contributed by atoms with E-state index in [0.717, 1.165) is 28.1 Å². The normalized spacial score (nSPS) is 12.2. The number of aryl methyl sites for hydroxylation is 1. The Balaban J connectivity index is 2.34. The van der Waals surface area contributed by atoms with E-state index >= 15 is 0 Å². The van der Waals surface area contributed by atoms with Gasteiger partial charge in [-0.25, -0.2) is 4.39 Å². The molecule has 1 aromatic carbocycles. The first-order valence-electron chi connectivity index (χ1n) is 6.88. The van der Waals surface area contributed by atoms with E-state index in [-0.39, 0.29) is 11.7 Å². The fourth-order valence-electron chi connectivity index (χ4n) is 2.56. The van der Waals surface area contributed by atoms with Crippen molar-refractivity contribution in [2.24, 2.45) is 0 Å². The molecular weight excluding hydrogens is 333 g/mol. The van der Waals surface area contributed by atoms with Gasteiger partial charge in [0.1, 0.15) is 11.6 Å². The second-order valence-corrected chi connectivity index (χ2v) is 5.77. The lowest BCUT2D eigenvalue weighted by atomic mass is 9.93. The van der Waals surface area contributed by atoms with Crippen LogP contribution in [0.3, 0.4) is 0 Å². The van der Waals surface area contributed by atoms with Crippen LogP contribution in [0.4, 0.5) is 4.39 Å². The van der Waals surface area contributed by atoms with E-state index in [0.29, 0.717) is 11.8 Å². The van der Waals surface area contributed by atoms with E-state index in [9.17, 15) is 4.39 Å². The van der Waals surface area contributed by atoms with E-state index in [2.05, 4.69) is 20.9 Å². The average molecular weight is 352 g/mol. The maximum atomic E-state index is 14.0. The van der Waals surface area contributed by atoms with Gasteiger partial charge in [-0.15, -0.1) is 0 Å². The molecule has 21 heavy (non-hydrogen) atoms. The molecule has 0 N–H and O–H groups in total. The van der Waals surface area contributed by atoms with E-state index in [1.807, 2.05) is 32.2 Å². The van der Waals surface area contributed by atoms with Crippen molar-refractivity contribution in [1.29, 1.82) is 0 Å². The highest BCUT2D eigenvalue weighted by Gasteiger charge is 2.18. The second-order valence-electron chi connectivity index (χ2n) is 5.12. The fourth-order valence-corrected chi connectivity index (χ4v) is 3.14. The highest BCUT2D eigenvalue weighted by molar-refractivity contribution is 9.09. The quantitative estimate of drug-likeness (QED) is 0.736. The van der Waals surface area contributed by atoms with E-state index in [1.165, 1.54) is 6.07 Å². The number of hydrogen-bond acceptors (Lipinski definition) is 2. The van der Waals surface area contributed by atoms with Crippen LogP contribution in [0.15, 0.2) is 30.5 Å². The minimum absolute atomic E-state index is 0.0461. The Morgan fingerprint density at radius 3 is 2.62 bits per heavy atom. The van der Waals surface area contributed by atoms with Gasteiger partial charge in [0.2, 0.25) is 0 Å². The fraction of sp³-hybridized carbons (Fsp3) is 0.353. The highest BCUT2D eigenvalue weighted by atomic mass is 79.9. The van der Waals surface area contributed by atoms with Crippen molar-refractivity contribution in [3.8, 4) is 5.75 Å². The van der Waals surface area contributed by atoms with Crippen LogP contribution in [0.2, 0.25) is 0 Å². The lowest BCUT2D eigenvalue weighted by molar-refractivity contribution is 0.406. The third-order valence-corrected chi connectivity index (χ3v) is 4.50. The van der Waals surface area contributed by atoms with Crippen molar-refractivity contribution in [3.63, 3.8) is 0 Å². The Hall–Kier alpha value is -1.42. The van der Waals surface area contributed by atoms with Crippen LogP contribution in [-0.2, 0) is 6.42 Å². The summed E-state index contributed by atoms with van der Waals surface area (Å²) in [5, 5.41) is 0.686. The zero-order chi connectivity index (χ0) is 15.4. The van der Waals surface area contributed by atoms with Gasteiger partial charge in [0.05, 0.1) is 7.11 Å². The summed E-state index contributed by atoms with van der Waals surface area (Å²) in [6.45, 7) is 3.97. The summed E-state index contributed by atoms with van der Waals surface area (Å²) in [4.78, 5) is 4.51. The smallest absolute Gasteiger partial charge is 0.128 e. The lowest BCUT2D eigenvalue weighted by Crippen LogP contribution is -2.10. The minimum atomic E-state index is -0.168. The molecule has 0 amide bonds. The van der Waals surface area contributed by atoms with Crippen molar-refractivity contribution in [1.82, 2.24) is 4.98 Å². The molecule has 0 aliphatic rings. The molecule has 2 aromatic rings. The Morgan fingerprint density at radius 2 is 2.00 bits per heavy atom. The molecule has 0 saturated heterocycles. The average Bonchev–Trinajstić information content (AvgIpc) is 2.48. The van der Waals surface area contributed by atoms with Crippen molar-refractivity contribution in [3.05, 3.63) is 58.7 Å². The molecule has 2 nitrogen and oxygen atoms in total. The number of aromatic nitrogens is 1. The third-order valence-electron chi connectivity index (χ3n) is 3.72. The summed E-state index contributed by atoms with van der Waals surface area (Å²) >= 11 is 3.49. The number of halogens is 2. The van der Waals surface area contributed by atoms with Crippen LogP contribution in [0.5, 0.6) is 5.75 Å². The Bertz CT molecular complexity index is 630. The Labute approximate surface area is 133 Å². The lowest BCUT2D eigenvalue weighted by Gasteiger charge is -2.18. The molecule has 0 spiro atoms. The number of benzene rings is 1. The number of rotatable bonds is 5. The highest BCUT2D eigenvalue weighted by Crippen LogP contribution is 2.30. The first-order valence-corrected chi connectivity index (χ1v) is 8.00. The molecule has 0 fully saturated rings. The Morgan fingerprint density at radius 1 is 1.29 bits per heavy atom. The van der Waals surface area contributed by atoms with Gasteiger partial charge in [-0.3, -0.25) is 4.98 Å². The molecule has 4 heteroatoms. The molecule has 112 valence electrons. The van der Waals surface area contributed by atoms with Gasteiger partial charge in [-0.05, 0) is 31.9 Å². The molecule has 2 rings (SSSR count). The molecule has 0 aliphatic heterocycles. The second kappa shape index (κ2) is 7.03. The predicted molar refractivity (Wildman–Crippen MR) is 86.9 cm³/mol. The molecule has 0 saturated carbocycles. The topological polar surface area (TPSA) is 22.1 Å². The zero-order valence-corrected chi connectivity index (χ0v) is 14.1. The van der Waals surface area contributed by atoms with Crippen molar-refractivity contribution in [2.45, 2.75) is 26.2 Å². The number of alkyl halides is 1. The number of ether oxygens (including phenoxy) is 1. The van der Waals surface area contributed by atoms with Crippen molar-refractivity contribution < 1.29 is 9.13 Å². The van der Waals surface area contributed by atoms with Crippen molar-refractivity contribution >= 4 is 15.9 Å². The molecule has 0 bridgehead atoms. The van der Waals surface area contributed by atoms with Gasteiger partial charge in [-0.1, -0.05) is 34.1 Å². The van der Waals surface area contributed by atoms with Gasteiger partial charge in [-0.2, -0.15) is 0 Å². The number of pyridine rings is 1. The Kier molecular flexibility index (Phi) is 5.34. The van der Waals surface area contributed by atoms with Gasteiger partial charge in [0.15, 0.2) is 0 Å². The van der Waals surface area contributed by atoms with Crippen LogP contribution >= 0.6 is 15.9 Å². The molecule has 1 unspecified atom stereocenters. The van der Waals surface area contributed by atoms with Crippen molar-refractivity contribution in [2.75, 3.05) is 12.4 Å². The first kappa shape index (κ1) is 16.0.